The quantitative estimate of drug-likeness (QED) is 0.776. The lowest BCUT2D eigenvalue weighted by molar-refractivity contribution is 0.0931. The van der Waals surface area contributed by atoms with Crippen molar-refractivity contribution in [3.63, 3.8) is 0 Å². The highest BCUT2D eigenvalue weighted by atomic mass is 16.1. The highest BCUT2D eigenvalue weighted by Gasteiger charge is 2.19. The van der Waals surface area contributed by atoms with Gasteiger partial charge in [-0.15, -0.1) is 0 Å². The van der Waals surface area contributed by atoms with Gasteiger partial charge in [0, 0.05) is 5.56 Å². The van der Waals surface area contributed by atoms with Crippen LogP contribution >= 0.6 is 0 Å². The summed E-state index contributed by atoms with van der Waals surface area (Å²) in [5, 5.41) is 0. The van der Waals surface area contributed by atoms with E-state index in [0.717, 1.165) is 29.8 Å². The third-order valence-electron chi connectivity index (χ3n) is 4.71. The molecule has 1 aromatic carbocycles. The fraction of sp³-hybridized carbons (Fsp3) is 0.611. The van der Waals surface area contributed by atoms with Crippen LogP contribution in [0.2, 0.25) is 0 Å². The molecule has 0 atom stereocenters. The van der Waals surface area contributed by atoms with E-state index in [1.54, 1.807) is 0 Å². The Morgan fingerprint density at radius 2 is 1.45 bits per heavy atom. The van der Waals surface area contributed by atoms with Crippen LogP contribution in [0, 0.1) is 27.7 Å². The van der Waals surface area contributed by atoms with E-state index in [2.05, 4.69) is 38.7 Å². The normalized spacial score (nSPS) is 17.0. The van der Waals surface area contributed by atoms with Crippen LogP contribution in [0.1, 0.15) is 58.3 Å². The van der Waals surface area contributed by atoms with Gasteiger partial charge in [0.25, 0.3) is 0 Å². The molecule has 2 nitrogen and oxygen atoms in total. The Hall–Kier alpha value is -1.15. The molecule has 1 saturated heterocycles. The minimum Gasteiger partial charge on any atom is -0.296 e. The summed E-state index contributed by atoms with van der Waals surface area (Å²) in [7, 11) is 0. The smallest absolute Gasteiger partial charge is 0.177 e. The molecule has 1 aliphatic heterocycles. The highest BCUT2D eigenvalue weighted by molar-refractivity contribution is 6.00. The molecule has 0 saturated carbocycles. The van der Waals surface area contributed by atoms with Crippen molar-refractivity contribution >= 4 is 5.78 Å². The number of benzene rings is 1. The van der Waals surface area contributed by atoms with Crippen molar-refractivity contribution in [3.8, 4) is 0 Å². The summed E-state index contributed by atoms with van der Waals surface area (Å²) in [6, 6.07) is 2.19. The molecule has 0 amide bonds. The summed E-state index contributed by atoms with van der Waals surface area (Å²) >= 11 is 0. The van der Waals surface area contributed by atoms with Crippen molar-refractivity contribution in [3.05, 3.63) is 33.9 Å². The van der Waals surface area contributed by atoms with Gasteiger partial charge in [-0.1, -0.05) is 18.9 Å². The molecular formula is C18H27NO. The maximum absolute atomic E-state index is 12.7. The lowest BCUT2D eigenvalue weighted by atomic mass is 9.91. The summed E-state index contributed by atoms with van der Waals surface area (Å²) in [6.45, 7) is 11.1. The van der Waals surface area contributed by atoms with Crippen molar-refractivity contribution in [2.24, 2.45) is 0 Å². The lowest BCUT2D eigenvalue weighted by Gasteiger charge is -2.21. The van der Waals surface area contributed by atoms with Crippen LogP contribution in [-0.4, -0.2) is 30.3 Å². The first-order chi connectivity index (χ1) is 9.50. The molecule has 0 unspecified atom stereocenters. The second-order valence-electron chi connectivity index (χ2n) is 6.25. The van der Waals surface area contributed by atoms with Crippen molar-refractivity contribution in [2.75, 3.05) is 19.6 Å². The number of rotatable bonds is 3. The maximum atomic E-state index is 12.7. The summed E-state index contributed by atoms with van der Waals surface area (Å²) in [5.41, 5.74) is 5.74. The minimum atomic E-state index is 0.300. The number of hydrogen-bond donors (Lipinski definition) is 0. The van der Waals surface area contributed by atoms with Crippen molar-refractivity contribution < 1.29 is 4.79 Å². The summed E-state index contributed by atoms with van der Waals surface area (Å²) in [6.07, 6.45) is 5.09. The summed E-state index contributed by atoms with van der Waals surface area (Å²) < 4.78 is 0. The molecule has 0 aliphatic carbocycles. The monoisotopic (exact) mass is 273 g/mol. The molecular weight excluding hydrogens is 246 g/mol. The fourth-order valence-corrected chi connectivity index (χ4v) is 3.21. The first-order valence-electron chi connectivity index (χ1n) is 7.83. The van der Waals surface area contributed by atoms with Crippen LogP contribution in [0.4, 0.5) is 0 Å². The van der Waals surface area contributed by atoms with Gasteiger partial charge in [-0.25, -0.2) is 0 Å². The van der Waals surface area contributed by atoms with Crippen LogP contribution in [0.25, 0.3) is 0 Å². The SMILES string of the molecule is Cc1cc(C)c(C)c(C(=O)CN2CCCCCC2)c1C. The molecule has 0 N–H and O–H groups in total. The summed E-state index contributed by atoms with van der Waals surface area (Å²) in [4.78, 5) is 15.1. The molecule has 0 spiro atoms. The number of carbonyl (C=O) groups excluding carboxylic acids is 1. The maximum Gasteiger partial charge on any atom is 0.177 e. The zero-order valence-electron chi connectivity index (χ0n) is 13.4. The van der Waals surface area contributed by atoms with Gasteiger partial charge in [0.15, 0.2) is 5.78 Å². The highest BCUT2D eigenvalue weighted by Crippen LogP contribution is 2.22. The Morgan fingerprint density at radius 1 is 0.950 bits per heavy atom. The molecule has 1 heterocycles. The molecule has 0 bridgehead atoms. The molecule has 1 aliphatic rings. The first kappa shape index (κ1) is 15.2. The predicted octanol–water partition coefficient (Wildman–Crippen LogP) is 3.98. The average molecular weight is 273 g/mol. The molecule has 110 valence electrons. The van der Waals surface area contributed by atoms with Crippen molar-refractivity contribution in [1.29, 1.82) is 0 Å². The van der Waals surface area contributed by atoms with E-state index in [9.17, 15) is 4.79 Å². The van der Waals surface area contributed by atoms with Gasteiger partial charge in [0.05, 0.1) is 6.54 Å². The molecule has 1 aromatic rings. The first-order valence-corrected chi connectivity index (χ1v) is 7.83. The minimum absolute atomic E-state index is 0.300. The second kappa shape index (κ2) is 6.53. The van der Waals surface area contributed by atoms with Gasteiger partial charge in [0.1, 0.15) is 0 Å². The van der Waals surface area contributed by atoms with Gasteiger partial charge in [-0.2, -0.15) is 0 Å². The molecule has 2 rings (SSSR count). The predicted molar refractivity (Wildman–Crippen MR) is 84.6 cm³/mol. The Morgan fingerprint density at radius 3 is 1.95 bits per heavy atom. The topological polar surface area (TPSA) is 20.3 Å². The molecule has 1 fully saturated rings. The lowest BCUT2D eigenvalue weighted by Crippen LogP contribution is -2.31. The van der Waals surface area contributed by atoms with E-state index in [-0.39, 0.29) is 0 Å². The third kappa shape index (κ3) is 3.29. The molecule has 0 radical (unpaired) electrons. The zero-order valence-corrected chi connectivity index (χ0v) is 13.4. The van der Waals surface area contributed by atoms with Crippen LogP contribution in [0.3, 0.4) is 0 Å². The number of nitrogens with zero attached hydrogens (tertiary/aromatic N) is 1. The molecule has 0 aromatic heterocycles. The van der Waals surface area contributed by atoms with Gasteiger partial charge in [0.2, 0.25) is 0 Å². The second-order valence-corrected chi connectivity index (χ2v) is 6.25. The number of likely N-dealkylation sites (tertiary alicyclic amines) is 1. The van der Waals surface area contributed by atoms with Crippen LogP contribution < -0.4 is 0 Å². The van der Waals surface area contributed by atoms with E-state index in [1.807, 2.05) is 0 Å². The van der Waals surface area contributed by atoms with Gasteiger partial charge < -0.3 is 0 Å². The van der Waals surface area contributed by atoms with Crippen LogP contribution in [0.5, 0.6) is 0 Å². The zero-order chi connectivity index (χ0) is 14.7. The van der Waals surface area contributed by atoms with Crippen molar-refractivity contribution in [2.45, 2.75) is 53.4 Å². The Kier molecular flexibility index (Phi) is 4.98. The molecule has 2 heteroatoms. The van der Waals surface area contributed by atoms with Gasteiger partial charge in [-0.3, -0.25) is 9.69 Å². The van der Waals surface area contributed by atoms with Gasteiger partial charge in [-0.05, 0) is 75.9 Å². The number of aryl methyl sites for hydroxylation is 2. The average Bonchev–Trinajstić information content (AvgIpc) is 2.65. The number of Topliss-reactive ketones (excluding diaryl/α,β-unsaturated/α-hetero) is 1. The van der Waals surface area contributed by atoms with E-state index in [1.165, 1.54) is 36.8 Å². The third-order valence-corrected chi connectivity index (χ3v) is 4.71. The summed E-state index contributed by atoms with van der Waals surface area (Å²) in [5.74, 6) is 0.300. The van der Waals surface area contributed by atoms with Crippen molar-refractivity contribution in [1.82, 2.24) is 4.90 Å². The number of hydrogen-bond acceptors (Lipinski definition) is 2. The van der Waals surface area contributed by atoms with Crippen LogP contribution in [0.15, 0.2) is 6.07 Å². The number of carbonyl (C=O) groups is 1. The standard InChI is InChI=1S/C18H27NO/c1-13-11-14(2)16(4)18(15(13)3)17(20)12-19-9-7-5-6-8-10-19/h11H,5-10,12H2,1-4H3. The number of ketones is 1. The van der Waals surface area contributed by atoms with Gasteiger partial charge >= 0.3 is 0 Å². The van der Waals surface area contributed by atoms with E-state index >= 15 is 0 Å². The van der Waals surface area contributed by atoms with E-state index < -0.39 is 0 Å². The van der Waals surface area contributed by atoms with E-state index in [0.29, 0.717) is 12.3 Å². The largest absolute Gasteiger partial charge is 0.296 e. The Balaban J connectivity index is 2.20. The molecule has 20 heavy (non-hydrogen) atoms. The Bertz CT molecular complexity index is 470. The fourth-order valence-electron chi connectivity index (χ4n) is 3.21. The Labute approximate surface area is 123 Å². The van der Waals surface area contributed by atoms with Crippen LogP contribution in [-0.2, 0) is 0 Å². The van der Waals surface area contributed by atoms with E-state index in [4.69, 9.17) is 0 Å².